The highest BCUT2D eigenvalue weighted by Crippen LogP contribution is 2.17. The quantitative estimate of drug-likeness (QED) is 0.592. The van der Waals surface area contributed by atoms with Crippen molar-refractivity contribution in [2.45, 2.75) is 26.2 Å². The largest absolute Gasteiger partial charge is 0.399 e. The number of carbonyl (C=O) groups is 1. The van der Waals surface area contributed by atoms with Gasteiger partial charge in [0, 0.05) is 24.4 Å². The van der Waals surface area contributed by atoms with E-state index in [0.29, 0.717) is 17.8 Å². The van der Waals surface area contributed by atoms with Crippen LogP contribution in [0.4, 0.5) is 20.2 Å². The normalized spacial score (nSPS) is 10.7. The van der Waals surface area contributed by atoms with Crippen LogP contribution in [0.2, 0.25) is 0 Å². The van der Waals surface area contributed by atoms with E-state index in [2.05, 4.69) is 10.1 Å². The third-order valence-electron chi connectivity index (χ3n) is 2.46. The van der Waals surface area contributed by atoms with Gasteiger partial charge in [-0.05, 0) is 37.1 Å². The van der Waals surface area contributed by atoms with Crippen LogP contribution >= 0.6 is 0 Å². The molecule has 4 nitrogen and oxygen atoms in total. The second kappa shape index (κ2) is 7.68. The molecule has 0 saturated carbocycles. The lowest BCUT2D eigenvalue weighted by Crippen LogP contribution is -2.14. The molecule has 1 rings (SSSR count). The molecule has 106 valence electrons. The van der Waals surface area contributed by atoms with Gasteiger partial charge in [-0.1, -0.05) is 0 Å². The molecular weight excluding hydrogens is 254 g/mol. The van der Waals surface area contributed by atoms with Crippen LogP contribution < -0.4 is 11.1 Å². The van der Waals surface area contributed by atoms with Crippen molar-refractivity contribution in [2.24, 2.45) is 0 Å². The maximum atomic E-state index is 11.8. The number of hydrogen-bond donors (Lipinski definition) is 2. The Hall–Kier alpha value is -1.69. The number of anilines is 2. The average molecular weight is 272 g/mol. The highest BCUT2D eigenvalue weighted by Gasteiger charge is 2.06. The second-order valence-corrected chi connectivity index (χ2v) is 4.19. The van der Waals surface area contributed by atoms with E-state index in [1.807, 2.05) is 6.92 Å². The highest BCUT2D eigenvalue weighted by molar-refractivity contribution is 5.91. The number of hydrogen-bond acceptors (Lipinski definition) is 3. The van der Waals surface area contributed by atoms with Crippen LogP contribution in [-0.4, -0.2) is 25.5 Å². The molecule has 0 heterocycles. The van der Waals surface area contributed by atoms with E-state index < -0.39 is 13.0 Å². The first-order valence-electron chi connectivity index (χ1n) is 6.01. The molecule has 0 aromatic heterocycles. The lowest BCUT2D eigenvalue weighted by Gasteiger charge is -2.09. The maximum absolute atomic E-state index is 11.8. The Labute approximate surface area is 110 Å². The first-order valence-corrected chi connectivity index (χ1v) is 6.01. The number of nitrogens with one attached hydrogen (secondary N) is 1. The molecule has 0 spiro atoms. The number of nitrogen functional groups attached to an aromatic ring is 1. The molecule has 0 bridgehead atoms. The second-order valence-electron chi connectivity index (χ2n) is 4.19. The van der Waals surface area contributed by atoms with E-state index in [1.165, 1.54) is 0 Å². The zero-order valence-electron chi connectivity index (χ0n) is 10.8. The molecule has 0 aliphatic heterocycles. The smallest absolute Gasteiger partial charge is 0.261 e. The lowest BCUT2D eigenvalue weighted by atomic mass is 10.1. The van der Waals surface area contributed by atoms with Crippen LogP contribution in [-0.2, 0) is 9.53 Å². The van der Waals surface area contributed by atoms with Gasteiger partial charge in [0.15, 0.2) is 0 Å². The van der Waals surface area contributed by atoms with Crippen molar-refractivity contribution in [1.82, 2.24) is 0 Å². The number of carbonyl (C=O) groups excluding carboxylic acids is 1. The van der Waals surface area contributed by atoms with E-state index in [9.17, 15) is 13.6 Å². The van der Waals surface area contributed by atoms with Crippen LogP contribution in [0.1, 0.15) is 18.4 Å². The number of alkyl halides is 2. The molecule has 3 N–H and O–H groups in total. The Bertz CT molecular complexity index is 425. The molecule has 19 heavy (non-hydrogen) atoms. The molecule has 0 radical (unpaired) electrons. The van der Waals surface area contributed by atoms with E-state index >= 15 is 0 Å². The third kappa shape index (κ3) is 6.15. The minimum atomic E-state index is -2.47. The molecular formula is C13H18F2N2O2. The van der Waals surface area contributed by atoms with E-state index in [0.717, 1.165) is 5.56 Å². The average Bonchev–Trinajstić information content (AvgIpc) is 2.32. The molecule has 1 aromatic rings. The predicted octanol–water partition coefficient (Wildman–Crippen LogP) is 2.58. The Morgan fingerprint density at radius 3 is 2.84 bits per heavy atom. The van der Waals surface area contributed by atoms with E-state index in [4.69, 9.17) is 5.73 Å². The van der Waals surface area contributed by atoms with Gasteiger partial charge in [-0.3, -0.25) is 4.79 Å². The molecule has 0 saturated heterocycles. The zero-order chi connectivity index (χ0) is 14.3. The van der Waals surface area contributed by atoms with E-state index in [1.54, 1.807) is 18.2 Å². The van der Waals surface area contributed by atoms with Gasteiger partial charge in [-0.15, -0.1) is 0 Å². The molecule has 0 aliphatic carbocycles. The molecule has 1 aromatic carbocycles. The summed E-state index contributed by atoms with van der Waals surface area (Å²) in [5.74, 6) is -0.173. The van der Waals surface area contributed by atoms with Crippen molar-refractivity contribution in [3.05, 3.63) is 23.8 Å². The van der Waals surface area contributed by atoms with Crippen molar-refractivity contribution < 1.29 is 18.3 Å². The number of rotatable bonds is 7. The van der Waals surface area contributed by atoms with Gasteiger partial charge < -0.3 is 15.8 Å². The van der Waals surface area contributed by atoms with Gasteiger partial charge in [0.25, 0.3) is 6.43 Å². The highest BCUT2D eigenvalue weighted by atomic mass is 19.3. The van der Waals surface area contributed by atoms with Crippen LogP contribution in [0, 0.1) is 6.92 Å². The van der Waals surface area contributed by atoms with Gasteiger partial charge in [0.2, 0.25) is 5.91 Å². The Morgan fingerprint density at radius 1 is 1.47 bits per heavy atom. The molecule has 0 aliphatic rings. The van der Waals surface area contributed by atoms with Gasteiger partial charge in [-0.2, -0.15) is 0 Å². The van der Waals surface area contributed by atoms with Gasteiger partial charge in [0.1, 0.15) is 6.61 Å². The van der Waals surface area contributed by atoms with Crippen molar-refractivity contribution in [2.75, 3.05) is 24.3 Å². The standard InChI is InChI=1S/C13H18F2N2O2/c1-9-7-10(16)4-5-11(9)17-13(18)3-2-6-19-8-12(14)15/h4-5,7,12H,2-3,6,8,16H2,1H3,(H,17,18). The zero-order valence-corrected chi connectivity index (χ0v) is 10.8. The van der Waals surface area contributed by atoms with Crippen molar-refractivity contribution in [1.29, 1.82) is 0 Å². The number of aryl methyl sites for hydroxylation is 1. The van der Waals surface area contributed by atoms with Gasteiger partial charge >= 0.3 is 0 Å². The number of amides is 1. The Kier molecular flexibility index (Phi) is 6.21. The molecule has 0 unspecified atom stereocenters. The SMILES string of the molecule is Cc1cc(N)ccc1NC(=O)CCCOCC(F)F. The summed E-state index contributed by atoms with van der Waals surface area (Å²) in [6.45, 7) is 1.41. The maximum Gasteiger partial charge on any atom is 0.261 e. The van der Waals surface area contributed by atoms with Crippen LogP contribution in [0.3, 0.4) is 0 Å². The summed E-state index contributed by atoms with van der Waals surface area (Å²) in [4.78, 5) is 11.6. The summed E-state index contributed by atoms with van der Waals surface area (Å²) in [6.07, 6.45) is -1.83. The van der Waals surface area contributed by atoms with Crippen LogP contribution in [0.5, 0.6) is 0 Å². The number of benzene rings is 1. The summed E-state index contributed by atoms with van der Waals surface area (Å²) in [5, 5.41) is 2.74. The first-order chi connectivity index (χ1) is 8.99. The van der Waals surface area contributed by atoms with Crippen LogP contribution in [0.25, 0.3) is 0 Å². The van der Waals surface area contributed by atoms with E-state index in [-0.39, 0.29) is 18.9 Å². The summed E-state index contributed by atoms with van der Waals surface area (Å²) < 4.78 is 28.2. The molecule has 1 amide bonds. The fourth-order valence-electron chi connectivity index (χ4n) is 1.55. The number of nitrogens with two attached hydrogens (primary N) is 1. The number of ether oxygens (including phenoxy) is 1. The fraction of sp³-hybridized carbons (Fsp3) is 0.462. The number of halogens is 2. The summed E-state index contributed by atoms with van der Waals surface area (Å²) in [5.41, 5.74) is 7.82. The van der Waals surface area contributed by atoms with Crippen molar-refractivity contribution >= 4 is 17.3 Å². The summed E-state index contributed by atoms with van der Waals surface area (Å²) >= 11 is 0. The van der Waals surface area contributed by atoms with Crippen molar-refractivity contribution in [3.63, 3.8) is 0 Å². The molecule has 6 heteroatoms. The summed E-state index contributed by atoms with van der Waals surface area (Å²) in [6, 6.07) is 5.20. The summed E-state index contributed by atoms with van der Waals surface area (Å²) in [7, 11) is 0. The minimum absolute atomic E-state index is 0.151. The third-order valence-corrected chi connectivity index (χ3v) is 2.46. The Balaban J connectivity index is 2.27. The Morgan fingerprint density at radius 2 is 2.21 bits per heavy atom. The first kappa shape index (κ1) is 15.4. The molecule has 0 atom stereocenters. The minimum Gasteiger partial charge on any atom is -0.399 e. The van der Waals surface area contributed by atoms with Gasteiger partial charge in [-0.25, -0.2) is 8.78 Å². The topological polar surface area (TPSA) is 64.3 Å². The molecule has 0 fully saturated rings. The van der Waals surface area contributed by atoms with Gasteiger partial charge in [0.05, 0.1) is 0 Å². The van der Waals surface area contributed by atoms with Crippen LogP contribution in [0.15, 0.2) is 18.2 Å². The predicted molar refractivity (Wildman–Crippen MR) is 70.3 cm³/mol. The van der Waals surface area contributed by atoms with Crippen molar-refractivity contribution in [3.8, 4) is 0 Å². The monoisotopic (exact) mass is 272 g/mol. The fourth-order valence-corrected chi connectivity index (χ4v) is 1.55. The lowest BCUT2D eigenvalue weighted by molar-refractivity contribution is -0.116.